The van der Waals surface area contributed by atoms with Crippen LogP contribution in [0.25, 0.3) is 0 Å². The molecule has 0 saturated carbocycles. The predicted molar refractivity (Wildman–Crippen MR) is 167 cm³/mol. The Bertz CT molecular complexity index is 1090. The lowest BCUT2D eigenvalue weighted by atomic mass is 9.39. The maximum atomic E-state index is 5.94. The van der Waals surface area contributed by atoms with Gasteiger partial charge < -0.3 is 4.57 Å². The minimum Gasteiger partial charge on any atom is -0.335 e. The Kier molecular flexibility index (Phi) is 13.9. The summed E-state index contributed by atoms with van der Waals surface area (Å²) in [6.45, 7) is 6.13. The molecule has 4 heteroatoms. The molecular formula is C34H44BClN2. The van der Waals surface area contributed by atoms with Crippen molar-refractivity contribution < 1.29 is 0 Å². The predicted octanol–water partition coefficient (Wildman–Crippen LogP) is 8.58. The zero-order valence-corrected chi connectivity index (χ0v) is 24.1. The summed E-state index contributed by atoms with van der Waals surface area (Å²) in [5.74, 6) is 1.15. The number of benzene rings is 3. The van der Waals surface area contributed by atoms with Gasteiger partial charge in [-0.05, 0) is 24.1 Å². The fraction of sp³-hybridized carbons (Fsp3) is 0.382. The highest BCUT2D eigenvalue weighted by Crippen LogP contribution is 2.14. The lowest BCUT2D eigenvalue weighted by molar-refractivity contribution is 0.537. The summed E-state index contributed by atoms with van der Waals surface area (Å²) in [6, 6.07) is 29.5. The minimum atomic E-state index is 0.535. The number of hydrogen-bond donors (Lipinski definition) is 0. The van der Waals surface area contributed by atoms with Crippen molar-refractivity contribution in [2.24, 2.45) is 0 Å². The first-order valence-corrected chi connectivity index (χ1v) is 14.9. The Labute approximate surface area is 236 Å². The van der Waals surface area contributed by atoms with Crippen LogP contribution in [0.2, 0.25) is 11.3 Å². The summed E-state index contributed by atoms with van der Waals surface area (Å²) in [5, 5.41) is 0.788. The van der Waals surface area contributed by atoms with Crippen LogP contribution in [0, 0.1) is 0 Å². The average Bonchev–Trinajstić information content (AvgIpc) is 3.40. The number of aryl methyl sites for hydroxylation is 1. The first-order chi connectivity index (χ1) is 18.7. The Morgan fingerprint density at radius 2 is 1.24 bits per heavy atom. The molecule has 0 fully saturated rings. The molecule has 0 amide bonds. The lowest BCUT2D eigenvalue weighted by Gasteiger charge is -2.11. The Hall–Kier alpha value is -2.78. The summed E-state index contributed by atoms with van der Waals surface area (Å²) < 4.78 is 2.30. The van der Waals surface area contributed by atoms with Gasteiger partial charge in [0, 0.05) is 30.4 Å². The molecular weight excluding hydrogens is 483 g/mol. The number of aromatic nitrogens is 2. The van der Waals surface area contributed by atoms with E-state index in [2.05, 4.69) is 102 Å². The molecule has 3 aromatic carbocycles. The molecule has 0 aliphatic rings. The van der Waals surface area contributed by atoms with Gasteiger partial charge in [-0.15, -0.1) is 0 Å². The summed E-state index contributed by atoms with van der Waals surface area (Å²) in [7, 11) is 0. The molecule has 0 saturated heterocycles. The molecule has 0 radical (unpaired) electrons. The van der Waals surface area contributed by atoms with Gasteiger partial charge in [0.15, 0.2) is 0 Å². The molecule has 0 unspecified atom stereocenters. The van der Waals surface area contributed by atoms with Crippen LogP contribution in [0.1, 0.15) is 76.6 Å². The van der Waals surface area contributed by atoms with Crippen LogP contribution in [-0.4, -0.2) is 16.3 Å². The van der Waals surface area contributed by atoms with E-state index < -0.39 is 0 Å². The normalized spacial score (nSPS) is 10.6. The Balaban J connectivity index is 0.000000230. The van der Waals surface area contributed by atoms with Crippen molar-refractivity contribution in [3.63, 3.8) is 0 Å². The monoisotopic (exact) mass is 526 g/mol. The fourth-order valence-corrected chi connectivity index (χ4v) is 5.07. The van der Waals surface area contributed by atoms with Crippen molar-refractivity contribution >= 4 is 29.2 Å². The quantitative estimate of drug-likeness (QED) is 0.119. The molecule has 4 aromatic rings. The number of imidazole rings is 1. The Morgan fingerprint density at radius 1 is 0.684 bits per heavy atom. The van der Waals surface area contributed by atoms with Gasteiger partial charge in [-0.1, -0.05) is 160 Å². The highest BCUT2D eigenvalue weighted by molar-refractivity contribution is 6.85. The van der Waals surface area contributed by atoms with E-state index in [1.807, 2.05) is 18.3 Å². The second kappa shape index (κ2) is 17.7. The zero-order chi connectivity index (χ0) is 26.8. The van der Waals surface area contributed by atoms with Crippen LogP contribution >= 0.6 is 11.6 Å². The summed E-state index contributed by atoms with van der Waals surface area (Å²) in [4.78, 5) is 4.51. The molecule has 38 heavy (non-hydrogen) atoms. The molecule has 4 rings (SSSR count). The minimum absolute atomic E-state index is 0.535. The van der Waals surface area contributed by atoms with Gasteiger partial charge in [-0.3, -0.25) is 0 Å². The molecule has 0 N–H and O–H groups in total. The number of nitrogens with zero attached hydrogens (tertiary/aromatic N) is 2. The highest BCUT2D eigenvalue weighted by Gasteiger charge is 2.15. The largest absolute Gasteiger partial charge is 0.335 e. The van der Waals surface area contributed by atoms with Crippen LogP contribution < -0.4 is 10.9 Å². The second-order valence-corrected chi connectivity index (χ2v) is 10.5. The number of unbranched alkanes of at least 4 members (excludes halogenated alkanes) is 7. The van der Waals surface area contributed by atoms with Crippen molar-refractivity contribution in [3.8, 4) is 0 Å². The third kappa shape index (κ3) is 10.5. The SMILES string of the molecule is CCB(c1ccccc1)c1ccccc1.CCCCCCCCCCn1ccnc1Cc1ccc(Cl)cc1. The molecule has 1 heterocycles. The molecule has 1 aromatic heterocycles. The smallest absolute Gasteiger partial charge is 0.209 e. The topological polar surface area (TPSA) is 17.8 Å². The summed E-state index contributed by atoms with van der Waals surface area (Å²) in [6.07, 6.45) is 16.9. The molecule has 0 spiro atoms. The molecule has 2 nitrogen and oxygen atoms in total. The van der Waals surface area contributed by atoms with E-state index in [9.17, 15) is 0 Å². The third-order valence-corrected chi connectivity index (χ3v) is 7.39. The van der Waals surface area contributed by atoms with Gasteiger partial charge >= 0.3 is 0 Å². The maximum Gasteiger partial charge on any atom is 0.209 e. The van der Waals surface area contributed by atoms with Crippen LogP contribution in [0.5, 0.6) is 0 Å². The van der Waals surface area contributed by atoms with Gasteiger partial charge in [0.05, 0.1) is 0 Å². The van der Waals surface area contributed by atoms with Gasteiger partial charge in [0.25, 0.3) is 0 Å². The third-order valence-electron chi connectivity index (χ3n) is 7.14. The van der Waals surface area contributed by atoms with Crippen molar-refractivity contribution in [1.82, 2.24) is 9.55 Å². The van der Waals surface area contributed by atoms with E-state index in [4.69, 9.17) is 11.6 Å². The van der Waals surface area contributed by atoms with Gasteiger partial charge in [-0.2, -0.15) is 0 Å². The van der Waals surface area contributed by atoms with E-state index >= 15 is 0 Å². The molecule has 0 atom stereocenters. The van der Waals surface area contributed by atoms with Crippen molar-refractivity contribution in [3.05, 3.63) is 114 Å². The van der Waals surface area contributed by atoms with Crippen LogP contribution in [0.4, 0.5) is 0 Å². The molecule has 200 valence electrons. The van der Waals surface area contributed by atoms with Crippen LogP contribution in [-0.2, 0) is 13.0 Å². The van der Waals surface area contributed by atoms with E-state index in [1.54, 1.807) is 0 Å². The zero-order valence-electron chi connectivity index (χ0n) is 23.4. The van der Waals surface area contributed by atoms with Crippen molar-refractivity contribution in [2.45, 2.75) is 84.5 Å². The lowest BCUT2D eigenvalue weighted by Crippen LogP contribution is -2.41. The molecule has 0 bridgehead atoms. The first kappa shape index (κ1) is 29.8. The van der Waals surface area contributed by atoms with E-state index in [-0.39, 0.29) is 0 Å². The van der Waals surface area contributed by atoms with E-state index in [1.165, 1.54) is 67.9 Å². The number of rotatable bonds is 14. The number of hydrogen-bond acceptors (Lipinski definition) is 1. The second-order valence-electron chi connectivity index (χ2n) is 10.1. The standard InChI is InChI=1S/C20H29ClN2.C14H15B/c1-2-3-4-5-6-7-8-9-15-23-16-14-22-20(23)17-18-10-12-19(21)13-11-18;1-2-15(13-9-5-3-6-10-13)14-11-7-4-8-12-14/h10-14,16H,2-9,15,17H2,1H3;3-12H,2H2,1H3. The fourth-order valence-electron chi connectivity index (χ4n) is 4.95. The summed E-state index contributed by atoms with van der Waals surface area (Å²) in [5.41, 5.74) is 4.08. The average molecular weight is 527 g/mol. The number of halogens is 1. The molecule has 0 aliphatic heterocycles. The van der Waals surface area contributed by atoms with Crippen molar-refractivity contribution in [2.75, 3.05) is 0 Å². The van der Waals surface area contributed by atoms with Crippen LogP contribution in [0.15, 0.2) is 97.3 Å². The Morgan fingerprint density at radius 3 is 1.79 bits per heavy atom. The molecule has 0 aliphatic carbocycles. The van der Waals surface area contributed by atoms with E-state index in [0.29, 0.717) is 6.71 Å². The van der Waals surface area contributed by atoms with Gasteiger partial charge in [-0.25, -0.2) is 4.98 Å². The van der Waals surface area contributed by atoms with Crippen molar-refractivity contribution in [1.29, 1.82) is 0 Å². The first-order valence-electron chi connectivity index (χ1n) is 14.6. The van der Waals surface area contributed by atoms with Crippen LogP contribution in [0.3, 0.4) is 0 Å². The summed E-state index contributed by atoms with van der Waals surface area (Å²) >= 11 is 5.94. The van der Waals surface area contributed by atoms with E-state index in [0.717, 1.165) is 30.1 Å². The maximum absolute atomic E-state index is 5.94. The van der Waals surface area contributed by atoms with Gasteiger partial charge in [0.1, 0.15) is 5.82 Å². The highest BCUT2D eigenvalue weighted by atomic mass is 35.5. The van der Waals surface area contributed by atoms with Gasteiger partial charge in [0.2, 0.25) is 6.71 Å².